The van der Waals surface area contributed by atoms with Crippen LogP contribution in [0.4, 0.5) is 0 Å². The molecule has 0 aromatic rings. The number of nitrogens with zero attached hydrogens (tertiary/aromatic N) is 1. The van der Waals surface area contributed by atoms with Gasteiger partial charge in [-0.15, -0.1) is 0 Å². The summed E-state index contributed by atoms with van der Waals surface area (Å²) in [5.74, 6) is 0. The molecule has 0 saturated carbocycles. The van der Waals surface area contributed by atoms with Gasteiger partial charge < -0.3 is 5.11 Å². The third-order valence-corrected chi connectivity index (χ3v) is 1.29. The number of aliphatic imine (C=N–C) groups is 1. The van der Waals surface area contributed by atoms with Crippen molar-refractivity contribution in [3.63, 3.8) is 0 Å². The van der Waals surface area contributed by atoms with Crippen LogP contribution in [0, 0.1) is 0 Å². The summed E-state index contributed by atoms with van der Waals surface area (Å²) < 4.78 is 0. The average Bonchev–Trinajstić information content (AvgIpc) is 1.99. The van der Waals surface area contributed by atoms with Gasteiger partial charge in [-0.05, 0) is 20.3 Å². The topological polar surface area (TPSA) is 32.6 Å². The lowest BCUT2D eigenvalue weighted by Crippen LogP contribution is -1.95. The van der Waals surface area contributed by atoms with Crippen LogP contribution in [0.25, 0.3) is 0 Å². The van der Waals surface area contributed by atoms with Crippen LogP contribution in [0.5, 0.6) is 0 Å². The van der Waals surface area contributed by atoms with Crippen LogP contribution in [0.15, 0.2) is 16.8 Å². The number of aliphatic hydroxyl groups excluding tert-OH is 1. The van der Waals surface area contributed by atoms with E-state index in [1.54, 1.807) is 13.1 Å². The summed E-state index contributed by atoms with van der Waals surface area (Å²) in [5.41, 5.74) is 1.99. The maximum Gasteiger partial charge on any atom is 0.0810 e. The number of hydrogen-bond acceptors (Lipinski definition) is 2. The van der Waals surface area contributed by atoms with Crippen molar-refractivity contribution in [2.24, 2.45) is 4.99 Å². The van der Waals surface area contributed by atoms with Gasteiger partial charge in [-0.2, -0.15) is 0 Å². The molecule has 0 spiro atoms. The van der Waals surface area contributed by atoms with Crippen LogP contribution in [0.3, 0.4) is 0 Å². The number of aliphatic hydroxyl groups is 1. The predicted molar refractivity (Wildman–Crippen MR) is 44.2 cm³/mol. The van der Waals surface area contributed by atoms with Gasteiger partial charge in [0, 0.05) is 11.9 Å². The molecule has 0 atom stereocenters. The van der Waals surface area contributed by atoms with Crippen LogP contribution in [0.1, 0.15) is 27.2 Å². The first-order valence-electron chi connectivity index (χ1n) is 3.50. The second kappa shape index (κ2) is 5.18. The standard InChI is InChI=1S/C8H15NO/c1-4-7(2)5-9-8(3)6-10/h5,10H,4,6H2,1-3H3/b7-5+,9-8+. The van der Waals surface area contributed by atoms with E-state index in [1.807, 2.05) is 6.92 Å². The van der Waals surface area contributed by atoms with Crippen molar-refractivity contribution in [3.05, 3.63) is 11.8 Å². The molecule has 0 saturated heterocycles. The lowest BCUT2D eigenvalue weighted by Gasteiger charge is -1.92. The Balaban J connectivity index is 3.91. The molecule has 0 aromatic heterocycles. The van der Waals surface area contributed by atoms with Crippen molar-refractivity contribution in [1.29, 1.82) is 0 Å². The van der Waals surface area contributed by atoms with E-state index in [1.165, 1.54) is 5.57 Å². The Labute approximate surface area is 62.3 Å². The molecule has 0 amide bonds. The Bertz CT molecular complexity index is 129. The van der Waals surface area contributed by atoms with Gasteiger partial charge in [0.25, 0.3) is 0 Å². The van der Waals surface area contributed by atoms with Crippen LogP contribution in [-0.2, 0) is 0 Å². The molecule has 2 nitrogen and oxygen atoms in total. The molecule has 0 unspecified atom stereocenters. The van der Waals surface area contributed by atoms with E-state index < -0.39 is 0 Å². The first-order valence-corrected chi connectivity index (χ1v) is 3.50. The fraction of sp³-hybridized carbons (Fsp3) is 0.625. The largest absolute Gasteiger partial charge is 0.390 e. The minimum Gasteiger partial charge on any atom is -0.390 e. The number of rotatable bonds is 3. The second-order valence-corrected chi connectivity index (χ2v) is 2.35. The normalized spacial score (nSPS) is 14.0. The Morgan fingerprint density at radius 3 is 2.50 bits per heavy atom. The third-order valence-electron chi connectivity index (χ3n) is 1.29. The van der Waals surface area contributed by atoms with Gasteiger partial charge in [-0.3, -0.25) is 4.99 Å². The molecule has 0 radical (unpaired) electrons. The molecule has 0 aliphatic carbocycles. The van der Waals surface area contributed by atoms with Crippen LogP contribution in [0.2, 0.25) is 0 Å². The van der Waals surface area contributed by atoms with Gasteiger partial charge in [-0.25, -0.2) is 0 Å². The van der Waals surface area contributed by atoms with E-state index in [0.717, 1.165) is 12.1 Å². The van der Waals surface area contributed by atoms with Crippen molar-refractivity contribution in [2.75, 3.05) is 6.61 Å². The summed E-state index contributed by atoms with van der Waals surface area (Å²) in [4.78, 5) is 4.02. The van der Waals surface area contributed by atoms with Crippen LogP contribution < -0.4 is 0 Å². The first kappa shape index (κ1) is 9.37. The van der Waals surface area contributed by atoms with Gasteiger partial charge in [0.1, 0.15) is 0 Å². The summed E-state index contributed by atoms with van der Waals surface area (Å²) in [6.07, 6.45) is 2.81. The van der Waals surface area contributed by atoms with E-state index in [9.17, 15) is 0 Å². The summed E-state index contributed by atoms with van der Waals surface area (Å²) in [6, 6.07) is 0. The summed E-state index contributed by atoms with van der Waals surface area (Å²) in [6.45, 7) is 5.96. The van der Waals surface area contributed by atoms with E-state index in [-0.39, 0.29) is 6.61 Å². The molecule has 2 heteroatoms. The molecule has 0 bridgehead atoms. The highest BCUT2D eigenvalue weighted by Crippen LogP contribution is 1.97. The average molecular weight is 141 g/mol. The number of hydrogen-bond donors (Lipinski definition) is 1. The fourth-order valence-corrected chi connectivity index (χ4v) is 0.352. The van der Waals surface area contributed by atoms with Gasteiger partial charge in [0.05, 0.1) is 6.61 Å². The van der Waals surface area contributed by atoms with E-state index in [4.69, 9.17) is 5.11 Å². The van der Waals surface area contributed by atoms with Crippen molar-refractivity contribution in [3.8, 4) is 0 Å². The molecular weight excluding hydrogens is 126 g/mol. The zero-order valence-electron chi connectivity index (χ0n) is 6.89. The monoisotopic (exact) mass is 141 g/mol. The molecule has 0 fully saturated rings. The van der Waals surface area contributed by atoms with E-state index in [0.29, 0.717) is 0 Å². The molecule has 10 heavy (non-hydrogen) atoms. The predicted octanol–water partition coefficient (Wildman–Crippen LogP) is 1.75. The maximum absolute atomic E-state index is 8.56. The lowest BCUT2D eigenvalue weighted by atomic mass is 10.3. The van der Waals surface area contributed by atoms with Crippen molar-refractivity contribution in [1.82, 2.24) is 0 Å². The van der Waals surface area contributed by atoms with Crippen molar-refractivity contribution in [2.45, 2.75) is 27.2 Å². The highest BCUT2D eigenvalue weighted by Gasteiger charge is 1.83. The SMILES string of the molecule is CC/C(C)=C/N=C(\C)CO. The third kappa shape index (κ3) is 4.27. The van der Waals surface area contributed by atoms with Gasteiger partial charge in [0.2, 0.25) is 0 Å². The summed E-state index contributed by atoms with van der Waals surface area (Å²) in [7, 11) is 0. The molecule has 0 aliphatic rings. The Hall–Kier alpha value is -0.630. The molecule has 58 valence electrons. The zero-order valence-corrected chi connectivity index (χ0v) is 6.89. The summed E-state index contributed by atoms with van der Waals surface area (Å²) in [5, 5.41) is 8.56. The zero-order chi connectivity index (χ0) is 7.98. The molecule has 0 aliphatic heterocycles. The van der Waals surface area contributed by atoms with Crippen LogP contribution >= 0.6 is 0 Å². The molecular formula is C8H15NO. The quantitative estimate of drug-likeness (QED) is 0.597. The van der Waals surface area contributed by atoms with Gasteiger partial charge >= 0.3 is 0 Å². The van der Waals surface area contributed by atoms with E-state index >= 15 is 0 Å². The van der Waals surface area contributed by atoms with Crippen molar-refractivity contribution >= 4 is 5.71 Å². The fourth-order valence-electron chi connectivity index (χ4n) is 0.352. The number of allylic oxidation sites excluding steroid dienone is 1. The van der Waals surface area contributed by atoms with E-state index in [2.05, 4.69) is 11.9 Å². The van der Waals surface area contributed by atoms with Gasteiger partial charge in [0.15, 0.2) is 0 Å². The molecule has 0 heterocycles. The van der Waals surface area contributed by atoms with Gasteiger partial charge in [-0.1, -0.05) is 12.5 Å². The maximum atomic E-state index is 8.56. The van der Waals surface area contributed by atoms with Crippen LogP contribution in [-0.4, -0.2) is 17.4 Å². The smallest absolute Gasteiger partial charge is 0.0810 e. The highest BCUT2D eigenvalue weighted by atomic mass is 16.3. The minimum atomic E-state index is 0.0491. The molecule has 0 rings (SSSR count). The lowest BCUT2D eigenvalue weighted by molar-refractivity contribution is 0.357. The molecule has 0 aromatic carbocycles. The highest BCUT2D eigenvalue weighted by molar-refractivity contribution is 5.83. The Morgan fingerprint density at radius 2 is 2.10 bits per heavy atom. The Morgan fingerprint density at radius 1 is 1.50 bits per heavy atom. The Kier molecular flexibility index (Phi) is 4.85. The minimum absolute atomic E-state index is 0.0491. The summed E-state index contributed by atoms with van der Waals surface area (Å²) >= 11 is 0. The molecule has 1 N–H and O–H groups in total. The first-order chi connectivity index (χ1) is 4.70. The van der Waals surface area contributed by atoms with Crippen molar-refractivity contribution < 1.29 is 5.11 Å². The second-order valence-electron chi connectivity index (χ2n) is 2.35.